The first-order valence-corrected chi connectivity index (χ1v) is 15.8. The van der Waals surface area contributed by atoms with Crippen LogP contribution in [-0.4, -0.2) is 32.5 Å². The number of rotatable bonds is 9. The summed E-state index contributed by atoms with van der Waals surface area (Å²) in [6, 6.07) is 23.1. The van der Waals surface area contributed by atoms with E-state index in [0.29, 0.717) is 34.5 Å². The van der Waals surface area contributed by atoms with Gasteiger partial charge in [-0.25, -0.2) is 19.9 Å². The van der Waals surface area contributed by atoms with Crippen LogP contribution in [0.4, 0.5) is 34.1 Å². The molecule has 5 aromatic rings. The molecule has 1 atom stereocenters. The van der Waals surface area contributed by atoms with Gasteiger partial charge in [0.05, 0.1) is 33.2 Å². The topological polar surface area (TPSA) is 124 Å². The minimum atomic E-state index is -4.62. The molecule has 0 bridgehead atoms. The summed E-state index contributed by atoms with van der Waals surface area (Å²) < 4.78 is 53.7. The van der Waals surface area contributed by atoms with Crippen molar-refractivity contribution in [2.24, 2.45) is 7.05 Å². The number of aryl methyl sites for hydroxylation is 1. The molecule has 6 rings (SSSR count). The number of amides is 4. The predicted molar refractivity (Wildman–Crippen MR) is 172 cm³/mol. The van der Waals surface area contributed by atoms with Gasteiger partial charge in [0.1, 0.15) is 35.4 Å². The van der Waals surface area contributed by atoms with Crippen molar-refractivity contribution >= 4 is 50.5 Å². The van der Waals surface area contributed by atoms with Crippen molar-refractivity contribution in [3.63, 3.8) is 0 Å². The molecule has 47 heavy (non-hydrogen) atoms. The van der Waals surface area contributed by atoms with Crippen LogP contribution in [0.3, 0.4) is 0 Å². The molecule has 10 nitrogen and oxygen atoms in total. The van der Waals surface area contributed by atoms with Gasteiger partial charge in [0, 0.05) is 30.4 Å². The summed E-state index contributed by atoms with van der Waals surface area (Å²) in [7, 11) is 1.21. The van der Waals surface area contributed by atoms with Gasteiger partial charge in [0.2, 0.25) is 0 Å². The first-order valence-electron chi connectivity index (χ1n) is 14.2. The van der Waals surface area contributed by atoms with Crippen molar-refractivity contribution in [1.29, 1.82) is 0 Å². The van der Waals surface area contributed by atoms with Crippen LogP contribution in [0.1, 0.15) is 17.0 Å². The lowest BCUT2D eigenvalue weighted by Gasteiger charge is -2.14. The molecule has 2 heterocycles. The van der Waals surface area contributed by atoms with Crippen molar-refractivity contribution in [3.8, 4) is 17.2 Å². The Morgan fingerprint density at radius 3 is 2.43 bits per heavy atom. The second-order valence-corrected chi connectivity index (χ2v) is 12.5. The number of aromatic nitrogens is 2. The largest absolute Gasteiger partial charge is 0.486 e. The summed E-state index contributed by atoms with van der Waals surface area (Å²) in [5, 5.41) is 6.91. The molecule has 3 N–H and O–H groups in total. The second-order valence-electron chi connectivity index (χ2n) is 10.5. The van der Waals surface area contributed by atoms with Gasteiger partial charge < -0.3 is 24.7 Å². The van der Waals surface area contributed by atoms with Crippen LogP contribution in [0.2, 0.25) is 0 Å². The number of nitrogens with zero attached hydrogens (tertiary/aromatic N) is 2. The lowest BCUT2D eigenvalue weighted by molar-refractivity contribution is -0.136. The second kappa shape index (κ2) is 13.1. The maximum Gasteiger partial charge on any atom is 0.436 e. The van der Waals surface area contributed by atoms with Gasteiger partial charge in [0.15, 0.2) is 5.75 Å². The average Bonchev–Trinajstić information content (AvgIpc) is 3.52. The van der Waals surface area contributed by atoms with Crippen LogP contribution in [0.25, 0.3) is 11.0 Å². The van der Waals surface area contributed by atoms with Gasteiger partial charge in [0.25, 0.3) is 5.91 Å². The molecular weight excluding hydrogens is 635 g/mol. The maximum atomic E-state index is 13.3. The van der Waals surface area contributed by atoms with E-state index in [-0.39, 0.29) is 29.2 Å². The summed E-state index contributed by atoms with van der Waals surface area (Å²) >= 11 is 0. The zero-order valence-electron chi connectivity index (χ0n) is 24.8. The average molecular weight is 663 g/mol. The number of fused-ring (bicyclic) bond motifs is 1. The number of carbonyl (C=O) groups is 3. The van der Waals surface area contributed by atoms with Crippen LogP contribution >= 0.6 is 0 Å². The van der Waals surface area contributed by atoms with Crippen LogP contribution in [-0.2, 0) is 41.3 Å². The highest BCUT2D eigenvalue weighted by atomic mass is 32.2. The molecule has 1 aliphatic heterocycles. The number of halogens is 3. The molecule has 0 saturated carbocycles. The van der Waals surface area contributed by atoms with Crippen molar-refractivity contribution in [2.45, 2.75) is 18.5 Å². The number of hydrogen-bond donors (Lipinski definition) is 3. The third-order valence-electron chi connectivity index (χ3n) is 7.19. The Morgan fingerprint density at radius 2 is 1.68 bits per heavy atom. The molecule has 4 aromatic carbocycles. The lowest BCUT2D eigenvalue weighted by Crippen LogP contribution is -2.21. The Balaban J connectivity index is 1.07. The molecule has 0 aliphatic carbocycles. The maximum absolute atomic E-state index is 13.3. The molecule has 0 spiro atoms. The van der Waals surface area contributed by atoms with Crippen LogP contribution < -0.4 is 25.4 Å². The zero-order chi connectivity index (χ0) is 33.1. The molecule has 1 saturated heterocycles. The summed E-state index contributed by atoms with van der Waals surface area (Å²) in [4.78, 5) is 40.5. The SMILES string of the molecule is Cn1c(COc2ccc(C[S+]3CC(=O)NC3=O)cc2)nc2ccc(Oc3cccc(NC(=O)Nc4ccccc4C(F)(F)F)c3)cc21. The number of ether oxygens (including phenoxy) is 2. The summed E-state index contributed by atoms with van der Waals surface area (Å²) in [6.45, 7) is 0.200. The van der Waals surface area contributed by atoms with E-state index in [9.17, 15) is 27.6 Å². The number of alkyl halides is 3. The minimum Gasteiger partial charge on any atom is -0.486 e. The molecule has 14 heteroatoms. The number of nitrogens with one attached hydrogen (secondary N) is 3. The van der Waals surface area contributed by atoms with Crippen LogP contribution in [0.15, 0.2) is 91.0 Å². The Morgan fingerprint density at radius 1 is 0.936 bits per heavy atom. The van der Waals surface area contributed by atoms with Crippen LogP contribution in [0, 0.1) is 0 Å². The summed E-state index contributed by atoms with van der Waals surface area (Å²) in [6.07, 6.45) is -4.62. The quantitative estimate of drug-likeness (QED) is 0.147. The van der Waals surface area contributed by atoms with Crippen molar-refractivity contribution in [3.05, 3.63) is 108 Å². The molecule has 4 amide bonds. The number of hydrogen-bond acceptors (Lipinski definition) is 6. The van der Waals surface area contributed by atoms with E-state index in [1.54, 1.807) is 36.4 Å². The van der Waals surface area contributed by atoms with E-state index in [0.717, 1.165) is 22.7 Å². The van der Waals surface area contributed by atoms with E-state index in [4.69, 9.17) is 9.47 Å². The third kappa shape index (κ3) is 7.49. The smallest absolute Gasteiger partial charge is 0.436 e. The van der Waals surface area contributed by atoms with Gasteiger partial charge in [-0.05, 0) is 48.5 Å². The van der Waals surface area contributed by atoms with E-state index >= 15 is 0 Å². The number of benzene rings is 4. The zero-order valence-corrected chi connectivity index (χ0v) is 25.6. The van der Waals surface area contributed by atoms with E-state index in [2.05, 4.69) is 20.9 Å². The van der Waals surface area contributed by atoms with Crippen molar-refractivity contribution in [1.82, 2.24) is 14.9 Å². The van der Waals surface area contributed by atoms with E-state index < -0.39 is 28.7 Å². The fourth-order valence-electron chi connectivity index (χ4n) is 4.90. The van der Waals surface area contributed by atoms with Crippen LogP contribution in [0.5, 0.6) is 17.2 Å². The molecule has 1 aromatic heterocycles. The number of imidazole rings is 1. The van der Waals surface area contributed by atoms with Gasteiger partial charge in [-0.3, -0.25) is 4.79 Å². The Kier molecular flexibility index (Phi) is 8.76. The first kappa shape index (κ1) is 31.5. The Labute approximate surface area is 269 Å². The Bertz CT molecular complexity index is 1980. The number of urea groups is 1. The highest BCUT2D eigenvalue weighted by Gasteiger charge is 2.41. The highest BCUT2D eigenvalue weighted by Crippen LogP contribution is 2.35. The molecular formula is C33H27F3N5O5S+. The van der Waals surface area contributed by atoms with Gasteiger partial charge in [-0.15, -0.1) is 0 Å². The molecule has 1 aliphatic rings. The molecule has 0 radical (unpaired) electrons. The fourth-order valence-corrected chi connectivity index (χ4v) is 6.51. The standard InChI is InChI=1S/C33H26F3N5O5S/c1-41-28-16-24(46-23-6-4-5-21(15-23)37-31(43)39-26-8-3-2-7-25(26)33(34,35)36)13-14-27(28)38-29(41)17-45-22-11-9-20(10-12-22)18-47-19-30(42)40-32(47)44/h2-16H,17-19H2,1H3,(H2-,37,39,40,42,43,44)/p+1. The lowest BCUT2D eigenvalue weighted by atomic mass is 10.1. The van der Waals surface area contributed by atoms with Crippen molar-refractivity contribution in [2.75, 3.05) is 16.4 Å². The normalized spacial score (nSPS) is 14.6. The molecule has 1 fully saturated rings. The third-order valence-corrected chi connectivity index (χ3v) is 9.11. The number of anilines is 2. The van der Waals surface area contributed by atoms with Crippen molar-refractivity contribution < 1.29 is 37.0 Å². The van der Waals surface area contributed by atoms with E-state index in [1.807, 2.05) is 41.9 Å². The predicted octanol–water partition coefficient (Wildman–Crippen LogP) is 6.98. The number of para-hydroxylation sites is 1. The summed E-state index contributed by atoms with van der Waals surface area (Å²) in [5.41, 5.74) is 1.47. The number of imide groups is 1. The molecule has 1 unspecified atom stereocenters. The Hall–Kier alpha value is -5.50. The first-order chi connectivity index (χ1) is 22.5. The minimum absolute atomic E-state index is 0.200. The summed E-state index contributed by atoms with van der Waals surface area (Å²) in [5.74, 6) is 2.70. The van der Waals surface area contributed by atoms with E-state index in [1.165, 1.54) is 18.2 Å². The highest BCUT2D eigenvalue weighted by molar-refractivity contribution is 8.11. The van der Waals surface area contributed by atoms with Gasteiger partial charge in [-0.2, -0.15) is 13.2 Å². The fraction of sp³-hybridized carbons (Fsp3) is 0.152. The monoisotopic (exact) mass is 662 g/mol. The molecule has 240 valence electrons. The number of carbonyl (C=O) groups excluding carboxylic acids is 3. The van der Waals surface area contributed by atoms with Gasteiger partial charge in [-0.1, -0.05) is 30.3 Å². The van der Waals surface area contributed by atoms with Gasteiger partial charge >= 0.3 is 17.4 Å².